The number of hydrogen-bond donors (Lipinski definition) is 1. The molecular weight excluding hydrogens is 112 g/mol. The normalized spacial score (nSPS) is 33.0. The predicted octanol–water partition coefficient (Wildman–Crippen LogP) is 0.763. The van der Waals surface area contributed by atoms with E-state index in [-0.39, 0.29) is 5.44 Å². The van der Waals surface area contributed by atoms with Gasteiger partial charge in [-0.05, 0) is 12.8 Å². The minimum atomic E-state index is -0.270. The van der Waals surface area contributed by atoms with Crippen molar-refractivity contribution in [3.8, 4) is 0 Å². The Labute approximate surface area is 47.1 Å². The largest absolute Gasteiger partial charge is 0.380 e. The van der Waals surface area contributed by atoms with Crippen molar-refractivity contribution in [3.05, 3.63) is 0 Å². The Hall–Kier alpha value is 0.270. The lowest BCUT2D eigenvalue weighted by Gasteiger charge is -2.13. The lowest BCUT2D eigenvalue weighted by molar-refractivity contribution is 0.198. The monoisotopic (exact) mass is 120 g/mol. The quantitative estimate of drug-likeness (QED) is 0.479. The van der Waals surface area contributed by atoms with Crippen molar-refractivity contribution in [2.75, 3.05) is 6.61 Å². The van der Waals surface area contributed by atoms with E-state index in [9.17, 15) is 0 Å². The number of aliphatic hydroxyl groups excluding tert-OH is 1. The molecule has 1 N–H and O–H groups in total. The maximum atomic E-state index is 8.75. The van der Waals surface area contributed by atoms with Crippen LogP contribution in [0, 0.1) is 0 Å². The van der Waals surface area contributed by atoms with Crippen molar-refractivity contribution < 1.29 is 9.29 Å². The molecule has 0 bridgehead atoms. The molecule has 1 atom stereocenters. The van der Waals surface area contributed by atoms with E-state index in [4.69, 9.17) is 9.29 Å². The molecule has 3 heteroatoms. The zero-order valence-corrected chi connectivity index (χ0v) is 4.78. The van der Waals surface area contributed by atoms with Gasteiger partial charge < -0.3 is 9.29 Å². The Balaban J connectivity index is 2.12. The molecule has 0 radical (unpaired) electrons. The van der Waals surface area contributed by atoms with E-state index in [2.05, 4.69) is 0 Å². The van der Waals surface area contributed by atoms with Crippen LogP contribution >= 0.6 is 12.0 Å². The van der Waals surface area contributed by atoms with Crippen molar-refractivity contribution in [1.82, 2.24) is 0 Å². The molecule has 0 aromatic heterocycles. The van der Waals surface area contributed by atoms with Gasteiger partial charge in [0.25, 0.3) is 0 Å². The van der Waals surface area contributed by atoms with E-state index in [0.717, 1.165) is 19.4 Å². The van der Waals surface area contributed by atoms with Gasteiger partial charge in [0.05, 0.1) is 6.61 Å². The minimum absolute atomic E-state index is 0.270. The molecule has 0 saturated carbocycles. The van der Waals surface area contributed by atoms with E-state index in [0.29, 0.717) is 0 Å². The smallest absolute Gasteiger partial charge is 0.125 e. The Bertz CT molecular complexity index is 51.7. The lowest BCUT2D eigenvalue weighted by atomic mass is 10.3. The average molecular weight is 120 g/mol. The number of hydrogen-bond acceptors (Lipinski definition) is 3. The van der Waals surface area contributed by atoms with Crippen molar-refractivity contribution in [2.24, 2.45) is 0 Å². The highest BCUT2D eigenvalue weighted by Crippen LogP contribution is 2.20. The van der Waals surface area contributed by atoms with Gasteiger partial charge >= 0.3 is 0 Å². The van der Waals surface area contributed by atoms with Gasteiger partial charge in [-0.15, -0.1) is 0 Å². The summed E-state index contributed by atoms with van der Waals surface area (Å²) in [6.45, 7) is 0.793. The zero-order chi connectivity index (χ0) is 5.11. The molecule has 1 aliphatic rings. The Morgan fingerprint density at radius 2 is 2.57 bits per heavy atom. The van der Waals surface area contributed by atoms with Crippen LogP contribution in [0.2, 0.25) is 0 Å². The summed E-state index contributed by atoms with van der Waals surface area (Å²) in [6, 6.07) is 0. The lowest BCUT2D eigenvalue weighted by Crippen LogP contribution is -2.08. The van der Waals surface area contributed by atoms with Gasteiger partial charge in [-0.25, -0.2) is 0 Å². The molecule has 0 spiro atoms. The molecule has 1 aliphatic heterocycles. The third-order valence-electron chi connectivity index (χ3n) is 0.858. The van der Waals surface area contributed by atoms with Crippen molar-refractivity contribution in [2.45, 2.75) is 18.3 Å². The van der Waals surface area contributed by atoms with Crippen molar-refractivity contribution in [1.29, 1.82) is 0 Å². The maximum Gasteiger partial charge on any atom is 0.125 e. The highest BCUT2D eigenvalue weighted by Gasteiger charge is 2.09. The fourth-order valence-corrected chi connectivity index (χ4v) is 1.13. The molecule has 42 valence electrons. The predicted molar refractivity (Wildman–Crippen MR) is 28.8 cm³/mol. The van der Waals surface area contributed by atoms with Gasteiger partial charge in [0.15, 0.2) is 0 Å². The fraction of sp³-hybridized carbons (Fsp3) is 1.00. The summed E-state index contributed by atoms with van der Waals surface area (Å²) in [5.41, 5.74) is -0.270. The summed E-state index contributed by atoms with van der Waals surface area (Å²) in [5, 5.41) is 8.75. The second kappa shape index (κ2) is 2.55. The van der Waals surface area contributed by atoms with Gasteiger partial charge in [0.2, 0.25) is 0 Å². The third kappa shape index (κ3) is 1.67. The van der Waals surface area contributed by atoms with Crippen molar-refractivity contribution >= 4 is 12.0 Å². The Morgan fingerprint density at radius 3 is 2.86 bits per heavy atom. The van der Waals surface area contributed by atoms with Crippen molar-refractivity contribution in [3.63, 3.8) is 0 Å². The van der Waals surface area contributed by atoms with Gasteiger partial charge in [-0.3, -0.25) is 0 Å². The van der Waals surface area contributed by atoms with E-state index >= 15 is 0 Å². The van der Waals surface area contributed by atoms with Crippen LogP contribution in [0.1, 0.15) is 12.8 Å². The molecule has 2 nitrogen and oxygen atoms in total. The fourth-order valence-electron chi connectivity index (χ4n) is 0.492. The Morgan fingerprint density at radius 1 is 1.71 bits per heavy atom. The molecule has 0 aromatic carbocycles. The molecule has 1 fully saturated rings. The van der Waals surface area contributed by atoms with Crippen LogP contribution in [-0.4, -0.2) is 17.1 Å². The van der Waals surface area contributed by atoms with Crippen LogP contribution < -0.4 is 0 Å². The highest BCUT2D eigenvalue weighted by atomic mass is 32.2. The summed E-state index contributed by atoms with van der Waals surface area (Å²) in [4.78, 5) is 0. The van der Waals surface area contributed by atoms with E-state index in [1.807, 2.05) is 0 Å². The van der Waals surface area contributed by atoms with Gasteiger partial charge in [-0.2, -0.15) is 0 Å². The summed E-state index contributed by atoms with van der Waals surface area (Å²) < 4.78 is 4.85. The third-order valence-corrected chi connectivity index (χ3v) is 1.62. The minimum Gasteiger partial charge on any atom is -0.380 e. The van der Waals surface area contributed by atoms with Gasteiger partial charge in [0.1, 0.15) is 5.44 Å². The first-order valence-electron chi connectivity index (χ1n) is 2.36. The first-order valence-corrected chi connectivity index (χ1v) is 3.16. The first kappa shape index (κ1) is 5.41. The summed E-state index contributed by atoms with van der Waals surface area (Å²) in [6.07, 6.45) is 1.87. The molecule has 0 amide bonds. The number of aliphatic hydroxyl groups is 1. The second-order valence-corrected chi connectivity index (χ2v) is 2.49. The molecule has 1 saturated heterocycles. The SMILES string of the molecule is OC1CCCOS1. The molecule has 1 unspecified atom stereocenters. The average Bonchev–Trinajstić information content (AvgIpc) is 1.69. The summed E-state index contributed by atoms with van der Waals surface area (Å²) >= 11 is 1.17. The van der Waals surface area contributed by atoms with Crippen LogP contribution in [0.3, 0.4) is 0 Å². The number of rotatable bonds is 0. The standard InChI is InChI=1S/C4H8O2S/c5-4-2-1-3-6-7-4/h4-5H,1-3H2. The molecule has 1 heterocycles. The summed E-state index contributed by atoms with van der Waals surface area (Å²) in [7, 11) is 0. The first-order chi connectivity index (χ1) is 3.39. The van der Waals surface area contributed by atoms with Crippen LogP contribution in [0.4, 0.5) is 0 Å². The van der Waals surface area contributed by atoms with Crippen LogP contribution in [0.5, 0.6) is 0 Å². The van der Waals surface area contributed by atoms with Crippen LogP contribution in [0.25, 0.3) is 0 Å². The van der Waals surface area contributed by atoms with Gasteiger partial charge in [0, 0.05) is 12.0 Å². The highest BCUT2D eigenvalue weighted by molar-refractivity contribution is 7.95. The van der Waals surface area contributed by atoms with E-state index in [1.54, 1.807) is 0 Å². The van der Waals surface area contributed by atoms with E-state index < -0.39 is 0 Å². The van der Waals surface area contributed by atoms with Crippen LogP contribution in [-0.2, 0) is 4.18 Å². The molecule has 0 aliphatic carbocycles. The Kier molecular flexibility index (Phi) is 1.97. The topological polar surface area (TPSA) is 29.5 Å². The maximum absolute atomic E-state index is 8.75. The molecule has 0 aromatic rings. The van der Waals surface area contributed by atoms with Gasteiger partial charge in [-0.1, -0.05) is 0 Å². The van der Waals surface area contributed by atoms with E-state index in [1.165, 1.54) is 12.0 Å². The molecule has 1 rings (SSSR count). The zero-order valence-electron chi connectivity index (χ0n) is 3.96. The molecule has 7 heavy (non-hydrogen) atoms. The summed E-state index contributed by atoms with van der Waals surface area (Å²) in [5.74, 6) is 0. The molecular formula is C4H8O2S. The second-order valence-electron chi connectivity index (χ2n) is 1.52. The van der Waals surface area contributed by atoms with Crippen LogP contribution in [0.15, 0.2) is 0 Å².